The topological polar surface area (TPSA) is 54.3 Å². The van der Waals surface area contributed by atoms with Crippen LogP contribution in [-0.2, 0) is 6.54 Å². The third-order valence-electron chi connectivity index (χ3n) is 6.86. The predicted molar refractivity (Wildman–Crippen MR) is 119 cm³/mol. The molecule has 3 aliphatic rings. The number of carbonyl (C=O) groups is 1. The molecule has 2 aromatic rings. The number of hydrogen-bond acceptors (Lipinski definition) is 3. The number of hydrogen-bond donors (Lipinski definition) is 1. The van der Waals surface area contributed by atoms with Gasteiger partial charge in [0, 0.05) is 24.5 Å². The van der Waals surface area contributed by atoms with Crippen molar-refractivity contribution in [3.05, 3.63) is 63.6 Å². The first-order chi connectivity index (χ1) is 14.7. The van der Waals surface area contributed by atoms with Crippen LogP contribution in [-0.4, -0.2) is 28.5 Å². The first-order valence-electron chi connectivity index (χ1n) is 11.6. The number of benzene rings is 1. The summed E-state index contributed by atoms with van der Waals surface area (Å²) < 4.78 is 1.80. The molecule has 158 valence electrons. The minimum absolute atomic E-state index is 0.160. The summed E-state index contributed by atoms with van der Waals surface area (Å²) in [6.45, 7) is 3.00. The van der Waals surface area contributed by atoms with Gasteiger partial charge < -0.3 is 9.88 Å². The fourth-order valence-electron chi connectivity index (χ4n) is 4.72. The van der Waals surface area contributed by atoms with Gasteiger partial charge in [-0.2, -0.15) is 0 Å². The quantitative estimate of drug-likeness (QED) is 0.759. The fourth-order valence-corrected chi connectivity index (χ4v) is 4.72. The standard InChI is InChI=1S/C25H31N3O2/c29-24(26-21-9-5-8-20(15-21)19-6-4-7-19)23-14-18(16-27-12-2-1-3-13-27)17-28(25(23)30)22-10-11-22/h5,8-9,14-15,17,19,22H,1-4,6-7,10-13,16H2,(H,26,29). The summed E-state index contributed by atoms with van der Waals surface area (Å²) in [6, 6.07) is 10.2. The van der Waals surface area contributed by atoms with Crippen molar-refractivity contribution in [2.45, 2.75) is 69.9 Å². The third kappa shape index (κ3) is 4.22. The van der Waals surface area contributed by atoms with Crippen molar-refractivity contribution >= 4 is 11.6 Å². The molecule has 0 radical (unpaired) electrons. The maximum absolute atomic E-state index is 13.1. The normalized spacial score (nSPS) is 20.0. The van der Waals surface area contributed by atoms with Crippen LogP contribution in [0.15, 0.2) is 41.3 Å². The van der Waals surface area contributed by atoms with Crippen LogP contribution in [0.2, 0.25) is 0 Å². The highest BCUT2D eigenvalue weighted by molar-refractivity contribution is 6.04. The molecular weight excluding hydrogens is 374 g/mol. The van der Waals surface area contributed by atoms with Gasteiger partial charge in [0.1, 0.15) is 5.56 Å². The first-order valence-corrected chi connectivity index (χ1v) is 11.6. The Labute approximate surface area is 178 Å². The SMILES string of the molecule is O=C(Nc1cccc(C2CCC2)c1)c1cc(CN2CCCCC2)cn(C2CC2)c1=O. The lowest BCUT2D eigenvalue weighted by Crippen LogP contribution is -2.32. The average molecular weight is 406 g/mol. The summed E-state index contributed by atoms with van der Waals surface area (Å²) in [7, 11) is 0. The molecule has 1 amide bonds. The number of nitrogens with zero attached hydrogens (tertiary/aromatic N) is 2. The Morgan fingerprint density at radius 2 is 1.80 bits per heavy atom. The molecule has 1 saturated heterocycles. The zero-order chi connectivity index (χ0) is 20.5. The van der Waals surface area contributed by atoms with E-state index < -0.39 is 0 Å². The Hall–Kier alpha value is -2.40. The zero-order valence-electron chi connectivity index (χ0n) is 17.6. The highest BCUT2D eigenvalue weighted by Gasteiger charge is 2.27. The number of rotatable bonds is 6. The van der Waals surface area contributed by atoms with Gasteiger partial charge >= 0.3 is 0 Å². The van der Waals surface area contributed by atoms with Crippen LogP contribution in [0.25, 0.3) is 0 Å². The molecule has 0 bridgehead atoms. The van der Waals surface area contributed by atoms with Crippen molar-refractivity contribution in [1.82, 2.24) is 9.47 Å². The van der Waals surface area contributed by atoms with Gasteiger partial charge in [0.2, 0.25) is 0 Å². The van der Waals surface area contributed by atoms with E-state index in [4.69, 9.17) is 0 Å². The Morgan fingerprint density at radius 3 is 2.50 bits per heavy atom. The highest BCUT2D eigenvalue weighted by Crippen LogP contribution is 2.37. The number of nitrogens with one attached hydrogen (secondary N) is 1. The molecule has 30 heavy (non-hydrogen) atoms. The Kier molecular flexibility index (Phi) is 5.47. The number of piperidine rings is 1. The van der Waals surface area contributed by atoms with Gasteiger partial charge in [0.25, 0.3) is 11.5 Å². The van der Waals surface area contributed by atoms with Gasteiger partial charge in [-0.05, 0) is 86.9 Å². The van der Waals surface area contributed by atoms with Crippen LogP contribution in [0, 0.1) is 0 Å². The summed E-state index contributed by atoms with van der Waals surface area (Å²) in [6.07, 6.45) is 11.5. The summed E-state index contributed by atoms with van der Waals surface area (Å²) in [5.74, 6) is 0.322. The Bertz CT molecular complexity index is 982. The number of likely N-dealkylation sites (tertiary alicyclic amines) is 1. The molecule has 1 aliphatic heterocycles. The largest absolute Gasteiger partial charge is 0.322 e. The summed E-state index contributed by atoms with van der Waals surface area (Å²) in [5, 5.41) is 2.99. The lowest BCUT2D eigenvalue weighted by atomic mass is 9.80. The van der Waals surface area contributed by atoms with E-state index >= 15 is 0 Å². The van der Waals surface area contributed by atoms with Gasteiger partial charge in [-0.3, -0.25) is 14.5 Å². The molecule has 5 heteroatoms. The number of pyridine rings is 1. The molecule has 0 unspecified atom stereocenters. The van der Waals surface area contributed by atoms with E-state index in [0.717, 1.165) is 43.7 Å². The Morgan fingerprint density at radius 1 is 1.00 bits per heavy atom. The van der Waals surface area contributed by atoms with Crippen LogP contribution in [0.3, 0.4) is 0 Å². The summed E-state index contributed by atoms with van der Waals surface area (Å²) in [5.41, 5.74) is 3.24. The van der Waals surface area contributed by atoms with Crippen LogP contribution >= 0.6 is 0 Å². The van der Waals surface area contributed by atoms with Gasteiger partial charge in [-0.25, -0.2) is 0 Å². The Balaban J connectivity index is 1.39. The van der Waals surface area contributed by atoms with E-state index in [1.807, 2.05) is 24.4 Å². The van der Waals surface area contributed by atoms with Crippen molar-refractivity contribution in [2.24, 2.45) is 0 Å². The molecule has 0 spiro atoms. The van der Waals surface area contributed by atoms with Crippen LogP contribution in [0.5, 0.6) is 0 Å². The maximum atomic E-state index is 13.1. The van der Waals surface area contributed by atoms with Crippen LogP contribution in [0.4, 0.5) is 5.69 Å². The van der Waals surface area contributed by atoms with Crippen LogP contribution < -0.4 is 10.9 Å². The van der Waals surface area contributed by atoms with E-state index in [1.165, 1.54) is 44.1 Å². The summed E-state index contributed by atoms with van der Waals surface area (Å²) >= 11 is 0. The minimum Gasteiger partial charge on any atom is -0.322 e. The van der Waals surface area contributed by atoms with Crippen molar-refractivity contribution in [2.75, 3.05) is 18.4 Å². The van der Waals surface area contributed by atoms with E-state index in [0.29, 0.717) is 5.92 Å². The monoisotopic (exact) mass is 405 g/mol. The molecule has 1 N–H and O–H groups in total. The third-order valence-corrected chi connectivity index (χ3v) is 6.86. The zero-order valence-corrected chi connectivity index (χ0v) is 17.6. The fraction of sp³-hybridized carbons (Fsp3) is 0.520. The second kappa shape index (κ2) is 8.38. The van der Waals surface area contributed by atoms with Gasteiger partial charge in [-0.15, -0.1) is 0 Å². The molecule has 2 saturated carbocycles. The van der Waals surface area contributed by atoms with Crippen molar-refractivity contribution in [3.8, 4) is 0 Å². The van der Waals surface area contributed by atoms with Crippen molar-refractivity contribution < 1.29 is 4.79 Å². The number of aromatic nitrogens is 1. The summed E-state index contributed by atoms with van der Waals surface area (Å²) in [4.78, 5) is 28.6. The van der Waals surface area contributed by atoms with Gasteiger partial charge in [-0.1, -0.05) is 25.0 Å². The molecule has 5 rings (SSSR count). The molecule has 1 aromatic carbocycles. The molecule has 1 aromatic heterocycles. The lowest BCUT2D eigenvalue weighted by molar-refractivity contribution is 0.102. The number of carbonyl (C=O) groups excluding carboxylic acids is 1. The van der Waals surface area contributed by atoms with Crippen molar-refractivity contribution in [3.63, 3.8) is 0 Å². The molecule has 2 aliphatic carbocycles. The van der Waals surface area contributed by atoms with E-state index in [1.54, 1.807) is 4.57 Å². The van der Waals surface area contributed by atoms with Gasteiger partial charge in [0.05, 0.1) is 0 Å². The number of amides is 1. The second-order valence-electron chi connectivity index (χ2n) is 9.25. The smallest absolute Gasteiger partial charge is 0.263 e. The lowest BCUT2D eigenvalue weighted by Gasteiger charge is -2.27. The highest BCUT2D eigenvalue weighted by atomic mass is 16.2. The maximum Gasteiger partial charge on any atom is 0.263 e. The molecule has 5 nitrogen and oxygen atoms in total. The number of anilines is 1. The second-order valence-corrected chi connectivity index (χ2v) is 9.25. The van der Waals surface area contributed by atoms with E-state index in [9.17, 15) is 9.59 Å². The molecule has 2 heterocycles. The molecule has 0 atom stereocenters. The van der Waals surface area contributed by atoms with Crippen molar-refractivity contribution in [1.29, 1.82) is 0 Å². The molecule has 3 fully saturated rings. The first kappa shape index (κ1) is 19.6. The predicted octanol–water partition coefficient (Wildman–Crippen LogP) is 4.69. The van der Waals surface area contributed by atoms with Crippen LogP contribution in [0.1, 0.15) is 84.8 Å². The average Bonchev–Trinajstić information content (AvgIpc) is 3.54. The van der Waals surface area contributed by atoms with E-state index in [-0.39, 0.29) is 23.1 Å². The minimum atomic E-state index is -0.291. The van der Waals surface area contributed by atoms with E-state index in [2.05, 4.69) is 22.3 Å². The molecular formula is C25H31N3O2. The van der Waals surface area contributed by atoms with Gasteiger partial charge in [0.15, 0.2) is 0 Å².